The molecule has 3 heterocycles. The highest BCUT2D eigenvalue weighted by Crippen LogP contribution is 2.41. The van der Waals surface area contributed by atoms with E-state index in [4.69, 9.17) is 14.2 Å². The molecule has 2 aliphatic rings. The van der Waals surface area contributed by atoms with Crippen molar-refractivity contribution in [2.75, 3.05) is 25.1 Å². The van der Waals surface area contributed by atoms with Crippen LogP contribution in [-0.4, -0.2) is 61.6 Å². The highest BCUT2D eigenvalue weighted by Gasteiger charge is 2.44. The van der Waals surface area contributed by atoms with Crippen molar-refractivity contribution in [3.05, 3.63) is 10.6 Å². The molecule has 0 saturated carbocycles. The second-order valence-corrected chi connectivity index (χ2v) is 16.4. The molecule has 29 heavy (non-hydrogen) atoms. The summed E-state index contributed by atoms with van der Waals surface area (Å²) < 4.78 is 16.6. The van der Waals surface area contributed by atoms with Crippen LogP contribution in [0.3, 0.4) is 0 Å². The largest absolute Gasteiger partial charge is 0.450 e. The lowest BCUT2D eigenvalue weighted by Gasteiger charge is -2.43. The van der Waals surface area contributed by atoms with Crippen molar-refractivity contribution >= 4 is 36.7 Å². The van der Waals surface area contributed by atoms with Gasteiger partial charge in [0.2, 0.25) is 0 Å². The minimum atomic E-state index is -1.27. The van der Waals surface area contributed by atoms with Gasteiger partial charge in [-0.1, -0.05) is 31.0 Å². The second-order valence-electron chi connectivity index (χ2n) is 9.70. The first kappa shape index (κ1) is 22.0. The molecule has 0 aliphatic carbocycles. The summed E-state index contributed by atoms with van der Waals surface area (Å²) in [4.78, 5) is 32.2. The van der Waals surface area contributed by atoms with E-state index in [2.05, 4.69) is 29.9 Å². The first-order valence-corrected chi connectivity index (χ1v) is 14.5. The van der Waals surface area contributed by atoms with Crippen molar-refractivity contribution < 1.29 is 23.8 Å². The summed E-state index contributed by atoms with van der Waals surface area (Å²) in [6.07, 6.45) is -0.241. The van der Waals surface area contributed by atoms with Crippen LogP contribution in [-0.2, 0) is 20.6 Å². The molecule has 3 rings (SSSR count). The number of aromatic nitrogens is 1. The molecule has 0 spiro atoms. The highest BCUT2D eigenvalue weighted by molar-refractivity contribution is 7.16. The summed E-state index contributed by atoms with van der Waals surface area (Å²) in [5.41, 5.74) is 0.326. The van der Waals surface area contributed by atoms with Crippen LogP contribution < -0.4 is 5.32 Å². The van der Waals surface area contributed by atoms with E-state index in [-0.39, 0.29) is 18.2 Å². The molecule has 1 aromatic heterocycles. The Balaban J connectivity index is 1.70. The van der Waals surface area contributed by atoms with Crippen LogP contribution in [0.4, 0.5) is 14.7 Å². The third kappa shape index (κ3) is 5.70. The van der Waals surface area contributed by atoms with Crippen LogP contribution in [0.1, 0.15) is 37.4 Å². The molecule has 2 unspecified atom stereocenters. The van der Waals surface area contributed by atoms with E-state index in [1.165, 1.54) is 11.3 Å². The van der Waals surface area contributed by atoms with Gasteiger partial charge in [-0.3, -0.25) is 10.2 Å². The van der Waals surface area contributed by atoms with Crippen molar-refractivity contribution in [1.29, 1.82) is 0 Å². The number of carbonyl (C=O) groups excluding carboxylic acids is 2. The van der Waals surface area contributed by atoms with Crippen molar-refractivity contribution in [2.45, 2.75) is 70.6 Å². The Hall–Kier alpha value is -1.65. The highest BCUT2D eigenvalue weighted by atomic mass is 32.1. The maximum absolute atomic E-state index is 12.8. The molecule has 2 aliphatic heterocycles. The summed E-state index contributed by atoms with van der Waals surface area (Å²) in [6, 6.07) is 0.606. The first-order valence-electron chi connectivity index (χ1n) is 9.95. The molecule has 0 aromatic carbocycles. The number of carbonyl (C=O) groups is 2. The monoisotopic (exact) mass is 441 g/mol. The lowest BCUT2D eigenvalue weighted by atomic mass is 9.97. The van der Waals surface area contributed by atoms with Crippen molar-refractivity contribution in [3.8, 4) is 0 Å². The molecule has 1 saturated heterocycles. The molecule has 8 nitrogen and oxygen atoms in total. The van der Waals surface area contributed by atoms with Crippen LogP contribution in [0.25, 0.3) is 0 Å². The number of hydrogen-bond donors (Lipinski definition) is 1. The molecule has 2 amide bonds. The SMILES string of the molecule is CC(C)(C)OC(=O)Nc1nc2c(s1)C1COCC(C2)N1C(=O)OCC[Si](C)(C)C. The normalized spacial score (nSPS) is 21.4. The van der Waals surface area contributed by atoms with E-state index in [9.17, 15) is 9.59 Å². The van der Waals surface area contributed by atoms with Gasteiger partial charge in [-0.2, -0.15) is 0 Å². The molecule has 2 atom stereocenters. The fourth-order valence-electron chi connectivity index (χ4n) is 3.32. The minimum absolute atomic E-state index is 0.0999. The Labute approximate surface area is 176 Å². The third-order valence-corrected chi connectivity index (χ3v) is 7.49. The van der Waals surface area contributed by atoms with Gasteiger partial charge in [-0.25, -0.2) is 14.6 Å². The van der Waals surface area contributed by atoms with Gasteiger partial charge in [0.1, 0.15) is 5.60 Å². The maximum atomic E-state index is 12.8. The molecular weight excluding hydrogens is 410 g/mol. The fourth-order valence-corrected chi connectivity index (χ4v) is 5.10. The zero-order chi connectivity index (χ0) is 21.4. The number of amides is 2. The molecule has 2 bridgehead atoms. The molecule has 0 radical (unpaired) electrons. The quantitative estimate of drug-likeness (QED) is 0.702. The number of rotatable bonds is 4. The Morgan fingerprint density at radius 3 is 2.69 bits per heavy atom. The molecule has 10 heteroatoms. The molecule has 1 aromatic rings. The van der Waals surface area contributed by atoms with Crippen LogP contribution >= 0.6 is 11.3 Å². The maximum Gasteiger partial charge on any atom is 0.413 e. The van der Waals surface area contributed by atoms with Crippen molar-refractivity contribution in [1.82, 2.24) is 9.88 Å². The number of hydrogen-bond acceptors (Lipinski definition) is 7. The number of thiazole rings is 1. The lowest BCUT2D eigenvalue weighted by molar-refractivity contribution is -0.0506. The van der Waals surface area contributed by atoms with E-state index >= 15 is 0 Å². The van der Waals surface area contributed by atoms with Crippen molar-refractivity contribution in [3.63, 3.8) is 0 Å². The van der Waals surface area contributed by atoms with E-state index in [0.717, 1.165) is 16.6 Å². The van der Waals surface area contributed by atoms with Crippen LogP contribution in [0, 0.1) is 0 Å². The minimum Gasteiger partial charge on any atom is -0.450 e. The van der Waals surface area contributed by atoms with Gasteiger partial charge >= 0.3 is 12.2 Å². The number of anilines is 1. The molecule has 1 fully saturated rings. The first-order chi connectivity index (χ1) is 13.4. The Bertz CT molecular complexity index is 771. The van der Waals surface area contributed by atoms with Gasteiger partial charge < -0.3 is 14.2 Å². The van der Waals surface area contributed by atoms with E-state index in [1.54, 1.807) is 4.90 Å². The second kappa shape index (κ2) is 8.23. The number of nitrogens with one attached hydrogen (secondary N) is 1. The van der Waals surface area contributed by atoms with Crippen LogP contribution in [0.15, 0.2) is 0 Å². The predicted molar refractivity (Wildman–Crippen MR) is 114 cm³/mol. The summed E-state index contributed by atoms with van der Waals surface area (Å²) in [5.74, 6) is 0. The predicted octanol–water partition coefficient (Wildman–Crippen LogP) is 4.26. The standard InChI is InChI=1S/C19H31N3O5SSi/c1-19(2,3)27-17(23)21-16-20-13-9-12-10-25-11-14(15(13)28-16)22(12)18(24)26-7-8-29(4,5)6/h12,14H,7-11H2,1-6H3,(H,20,21,23). The smallest absolute Gasteiger partial charge is 0.413 e. The van der Waals surface area contributed by atoms with Crippen LogP contribution in [0.2, 0.25) is 25.7 Å². The summed E-state index contributed by atoms with van der Waals surface area (Å²) in [7, 11) is -1.27. The average molecular weight is 442 g/mol. The Kier molecular flexibility index (Phi) is 6.26. The zero-order valence-corrected chi connectivity index (χ0v) is 19.9. The van der Waals surface area contributed by atoms with E-state index in [0.29, 0.717) is 31.4 Å². The number of ether oxygens (including phenoxy) is 3. The molecular formula is C19H31N3O5SSi. The van der Waals surface area contributed by atoms with Gasteiger partial charge in [0, 0.05) is 14.5 Å². The average Bonchev–Trinajstić information content (AvgIpc) is 2.93. The van der Waals surface area contributed by atoms with E-state index in [1.807, 2.05) is 20.8 Å². The number of nitrogens with zero attached hydrogens (tertiary/aromatic N) is 2. The number of fused-ring (bicyclic) bond motifs is 4. The molecule has 1 N–H and O–H groups in total. The topological polar surface area (TPSA) is 90.0 Å². The lowest BCUT2D eigenvalue weighted by Crippen LogP contribution is -2.54. The Morgan fingerprint density at radius 2 is 2.03 bits per heavy atom. The van der Waals surface area contributed by atoms with Crippen LogP contribution in [0.5, 0.6) is 0 Å². The van der Waals surface area contributed by atoms with Gasteiger partial charge in [0.15, 0.2) is 5.13 Å². The zero-order valence-electron chi connectivity index (χ0n) is 18.0. The fraction of sp³-hybridized carbons (Fsp3) is 0.737. The number of morpholine rings is 1. The Morgan fingerprint density at radius 1 is 1.31 bits per heavy atom. The third-order valence-electron chi connectivity index (χ3n) is 4.67. The summed E-state index contributed by atoms with van der Waals surface area (Å²) in [6.45, 7) is 13.5. The van der Waals surface area contributed by atoms with Gasteiger partial charge in [0.25, 0.3) is 0 Å². The van der Waals surface area contributed by atoms with E-state index < -0.39 is 19.8 Å². The summed E-state index contributed by atoms with van der Waals surface area (Å²) in [5, 5.41) is 3.18. The van der Waals surface area contributed by atoms with Crippen molar-refractivity contribution in [2.24, 2.45) is 0 Å². The molecule has 162 valence electrons. The van der Waals surface area contributed by atoms with Gasteiger partial charge in [-0.05, 0) is 26.8 Å². The summed E-state index contributed by atoms with van der Waals surface area (Å²) >= 11 is 1.36. The van der Waals surface area contributed by atoms with Gasteiger partial charge in [-0.15, -0.1) is 0 Å². The van der Waals surface area contributed by atoms with Gasteiger partial charge in [0.05, 0.1) is 42.5 Å².